The predicted molar refractivity (Wildman–Crippen MR) is 77.8 cm³/mol. The lowest BCUT2D eigenvalue weighted by Crippen LogP contribution is -2.23. The predicted octanol–water partition coefficient (Wildman–Crippen LogP) is 5.03. The average molecular weight is 296 g/mol. The molecule has 0 bridgehead atoms. The van der Waals surface area contributed by atoms with Crippen molar-refractivity contribution in [2.45, 2.75) is 25.9 Å². The van der Waals surface area contributed by atoms with E-state index in [0.717, 1.165) is 11.6 Å². The van der Waals surface area contributed by atoms with Gasteiger partial charge in [0.25, 0.3) is 0 Å². The molecule has 106 valence electrons. The first-order valence-electron chi connectivity index (χ1n) is 6.44. The average Bonchev–Trinajstić information content (AvgIpc) is 2.37. The quantitative estimate of drug-likeness (QED) is 0.834. The van der Waals surface area contributed by atoms with E-state index < -0.39 is 11.6 Å². The van der Waals surface area contributed by atoms with Gasteiger partial charge in [0.1, 0.15) is 11.6 Å². The standard InChI is InChI=1S/C16H16ClF2N/c1-10(12-7-13(18)9-14(19)8-12)20-11(2)15-5-3-4-6-16(15)17/h3-11,20H,1-2H3/t10?,11-/m1/s1. The summed E-state index contributed by atoms with van der Waals surface area (Å²) < 4.78 is 26.4. The number of rotatable bonds is 4. The Bertz CT molecular complexity index is 581. The fourth-order valence-electron chi connectivity index (χ4n) is 2.21. The van der Waals surface area contributed by atoms with E-state index in [1.54, 1.807) is 0 Å². The minimum atomic E-state index is -0.570. The Hall–Kier alpha value is -1.45. The van der Waals surface area contributed by atoms with Crippen LogP contribution in [0, 0.1) is 11.6 Å². The highest BCUT2D eigenvalue weighted by Gasteiger charge is 2.14. The summed E-state index contributed by atoms with van der Waals surface area (Å²) in [5.41, 5.74) is 1.53. The van der Waals surface area contributed by atoms with Gasteiger partial charge >= 0.3 is 0 Å². The van der Waals surface area contributed by atoms with Crippen LogP contribution in [0.5, 0.6) is 0 Å². The van der Waals surface area contributed by atoms with Crippen molar-refractivity contribution in [3.63, 3.8) is 0 Å². The third-order valence-electron chi connectivity index (χ3n) is 3.26. The molecular formula is C16H16ClF2N. The Labute approximate surface area is 122 Å². The normalized spacial score (nSPS) is 14.1. The van der Waals surface area contributed by atoms with Crippen LogP contribution in [-0.2, 0) is 0 Å². The molecule has 1 nitrogen and oxygen atoms in total. The molecule has 0 heterocycles. The van der Waals surface area contributed by atoms with Crippen LogP contribution >= 0.6 is 11.6 Å². The first-order valence-corrected chi connectivity index (χ1v) is 6.81. The summed E-state index contributed by atoms with van der Waals surface area (Å²) in [6.45, 7) is 3.83. The van der Waals surface area contributed by atoms with Crippen molar-refractivity contribution in [3.8, 4) is 0 Å². The molecule has 4 heteroatoms. The van der Waals surface area contributed by atoms with Gasteiger partial charge in [-0.3, -0.25) is 0 Å². The van der Waals surface area contributed by atoms with Crippen molar-refractivity contribution in [1.82, 2.24) is 5.32 Å². The molecular weight excluding hydrogens is 280 g/mol. The number of hydrogen-bond acceptors (Lipinski definition) is 1. The highest BCUT2D eigenvalue weighted by molar-refractivity contribution is 6.31. The molecule has 0 aliphatic rings. The molecule has 2 aromatic rings. The molecule has 0 fully saturated rings. The largest absolute Gasteiger partial charge is 0.304 e. The van der Waals surface area contributed by atoms with Gasteiger partial charge in [-0.05, 0) is 43.2 Å². The van der Waals surface area contributed by atoms with Crippen LogP contribution in [-0.4, -0.2) is 0 Å². The zero-order valence-corrected chi connectivity index (χ0v) is 12.1. The SMILES string of the molecule is CC(N[C@H](C)c1ccccc1Cl)c1cc(F)cc(F)c1. The Morgan fingerprint density at radius 1 is 0.950 bits per heavy atom. The summed E-state index contributed by atoms with van der Waals surface area (Å²) in [6, 6.07) is 10.8. The van der Waals surface area contributed by atoms with Gasteiger partial charge in [0.2, 0.25) is 0 Å². The molecule has 2 aromatic carbocycles. The first kappa shape index (κ1) is 14.9. The lowest BCUT2D eigenvalue weighted by Gasteiger charge is -2.21. The third kappa shape index (κ3) is 3.56. The van der Waals surface area contributed by atoms with E-state index >= 15 is 0 Å². The number of halogens is 3. The van der Waals surface area contributed by atoms with Crippen LogP contribution in [0.4, 0.5) is 8.78 Å². The zero-order chi connectivity index (χ0) is 14.7. The molecule has 0 saturated carbocycles. The minimum absolute atomic E-state index is 0.0231. The van der Waals surface area contributed by atoms with Crippen LogP contribution in [0.25, 0.3) is 0 Å². The van der Waals surface area contributed by atoms with Crippen molar-refractivity contribution >= 4 is 11.6 Å². The van der Waals surface area contributed by atoms with E-state index in [1.807, 2.05) is 38.1 Å². The van der Waals surface area contributed by atoms with E-state index in [2.05, 4.69) is 5.32 Å². The third-order valence-corrected chi connectivity index (χ3v) is 3.60. The Morgan fingerprint density at radius 2 is 1.55 bits per heavy atom. The van der Waals surface area contributed by atoms with E-state index in [4.69, 9.17) is 11.6 Å². The lowest BCUT2D eigenvalue weighted by atomic mass is 10.0. The molecule has 20 heavy (non-hydrogen) atoms. The molecule has 0 saturated heterocycles. The molecule has 0 spiro atoms. The zero-order valence-electron chi connectivity index (χ0n) is 11.3. The summed E-state index contributed by atoms with van der Waals surface area (Å²) in [4.78, 5) is 0. The molecule has 0 radical (unpaired) electrons. The summed E-state index contributed by atoms with van der Waals surface area (Å²) in [5, 5.41) is 3.96. The molecule has 2 atom stereocenters. The second kappa shape index (κ2) is 6.33. The maximum atomic E-state index is 13.2. The second-order valence-corrected chi connectivity index (χ2v) is 5.24. The van der Waals surface area contributed by atoms with Crippen molar-refractivity contribution in [1.29, 1.82) is 0 Å². The van der Waals surface area contributed by atoms with Crippen LogP contribution < -0.4 is 5.32 Å². The summed E-state index contributed by atoms with van der Waals surface area (Å²) >= 11 is 6.14. The Balaban J connectivity index is 2.15. The summed E-state index contributed by atoms with van der Waals surface area (Å²) in [6.07, 6.45) is 0. The number of nitrogens with one attached hydrogen (secondary N) is 1. The van der Waals surface area contributed by atoms with E-state index in [0.29, 0.717) is 10.6 Å². The molecule has 1 unspecified atom stereocenters. The van der Waals surface area contributed by atoms with E-state index in [-0.39, 0.29) is 12.1 Å². The lowest BCUT2D eigenvalue weighted by molar-refractivity contribution is 0.487. The Morgan fingerprint density at radius 3 is 2.15 bits per heavy atom. The smallest absolute Gasteiger partial charge is 0.126 e. The molecule has 2 rings (SSSR count). The van der Waals surface area contributed by atoms with Gasteiger partial charge in [0.15, 0.2) is 0 Å². The van der Waals surface area contributed by atoms with Crippen molar-refractivity contribution in [3.05, 3.63) is 70.2 Å². The maximum Gasteiger partial charge on any atom is 0.126 e. The van der Waals surface area contributed by atoms with Gasteiger partial charge in [0.05, 0.1) is 0 Å². The molecule has 0 aliphatic heterocycles. The van der Waals surface area contributed by atoms with Gasteiger partial charge < -0.3 is 5.32 Å². The van der Waals surface area contributed by atoms with Crippen molar-refractivity contribution < 1.29 is 8.78 Å². The molecule has 0 aromatic heterocycles. The topological polar surface area (TPSA) is 12.0 Å². The second-order valence-electron chi connectivity index (χ2n) is 4.83. The minimum Gasteiger partial charge on any atom is -0.304 e. The van der Waals surface area contributed by atoms with Crippen molar-refractivity contribution in [2.24, 2.45) is 0 Å². The summed E-state index contributed by atoms with van der Waals surface area (Å²) in [5.74, 6) is -1.14. The van der Waals surface area contributed by atoms with Crippen LogP contribution in [0.3, 0.4) is 0 Å². The molecule has 0 aliphatic carbocycles. The first-order chi connectivity index (χ1) is 9.47. The highest BCUT2D eigenvalue weighted by atomic mass is 35.5. The van der Waals surface area contributed by atoms with Crippen LogP contribution in [0.2, 0.25) is 5.02 Å². The van der Waals surface area contributed by atoms with Gasteiger partial charge in [-0.2, -0.15) is 0 Å². The van der Waals surface area contributed by atoms with Crippen LogP contribution in [0.15, 0.2) is 42.5 Å². The Kier molecular flexibility index (Phi) is 4.73. The monoisotopic (exact) mass is 295 g/mol. The molecule has 0 amide bonds. The highest BCUT2D eigenvalue weighted by Crippen LogP contribution is 2.25. The fourth-order valence-corrected chi connectivity index (χ4v) is 2.51. The van der Waals surface area contributed by atoms with E-state index in [1.165, 1.54) is 12.1 Å². The fraction of sp³-hybridized carbons (Fsp3) is 0.250. The van der Waals surface area contributed by atoms with Gasteiger partial charge in [-0.25, -0.2) is 8.78 Å². The van der Waals surface area contributed by atoms with Crippen LogP contribution in [0.1, 0.15) is 37.1 Å². The number of benzene rings is 2. The van der Waals surface area contributed by atoms with Crippen molar-refractivity contribution in [2.75, 3.05) is 0 Å². The molecule has 1 N–H and O–H groups in total. The van der Waals surface area contributed by atoms with Gasteiger partial charge in [-0.15, -0.1) is 0 Å². The van der Waals surface area contributed by atoms with E-state index in [9.17, 15) is 8.78 Å². The number of hydrogen-bond donors (Lipinski definition) is 1. The van der Waals surface area contributed by atoms with Gasteiger partial charge in [-0.1, -0.05) is 29.8 Å². The van der Waals surface area contributed by atoms with Gasteiger partial charge in [0, 0.05) is 23.2 Å². The summed E-state index contributed by atoms with van der Waals surface area (Å²) in [7, 11) is 0. The maximum absolute atomic E-state index is 13.2.